The summed E-state index contributed by atoms with van der Waals surface area (Å²) < 4.78 is 23.8. The van der Waals surface area contributed by atoms with E-state index in [1.165, 1.54) is 19.2 Å². The molecular formula is C17H18FNO3. The normalized spacial score (nSPS) is 11.6. The molecule has 0 heterocycles. The zero-order chi connectivity index (χ0) is 16.1. The van der Waals surface area contributed by atoms with Crippen LogP contribution >= 0.6 is 0 Å². The Morgan fingerprint density at radius 1 is 1.09 bits per heavy atom. The maximum Gasteiger partial charge on any atom is 0.251 e. The van der Waals surface area contributed by atoms with E-state index in [-0.39, 0.29) is 23.3 Å². The molecule has 0 radical (unpaired) electrons. The van der Waals surface area contributed by atoms with Gasteiger partial charge in [0.05, 0.1) is 20.3 Å². The first kappa shape index (κ1) is 15.8. The second kappa shape index (κ2) is 6.93. The summed E-state index contributed by atoms with van der Waals surface area (Å²) in [5.41, 5.74) is 1.09. The third-order valence-corrected chi connectivity index (χ3v) is 3.37. The average molecular weight is 303 g/mol. The SMILES string of the molecule is COc1ccc(C(=O)N[C@H](C)c2ccccc2OC)cc1F. The number of carbonyl (C=O) groups excluding carboxylic acids is 1. The Kier molecular flexibility index (Phi) is 4.99. The van der Waals surface area contributed by atoms with Crippen LogP contribution in [0.25, 0.3) is 0 Å². The van der Waals surface area contributed by atoms with Gasteiger partial charge in [-0.05, 0) is 31.2 Å². The molecule has 2 aromatic carbocycles. The van der Waals surface area contributed by atoms with Crippen LogP contribution in [0.5, 0.6) is 11.5 Å². The molecule has 0 spiro atoms. The van der Waals surface area contributed by atoms with E-state index in [1.54, 1.807) is 7.11 Å². The van der Waals surface area contributed by atoms with Gasteiger partial charge >= 0.3 is 0 Å². The van der Waals surface area contributed by atoms with Crippen molar-refractivity contribution in [3.63, 3.8) is 0 Å². The predicted molar refractivity (Wildman–Crippen MR) is 81.8 cm³/mol. The monoisotopic (exact) mass is 303 g/mol. The smallest absolute Gasteiger partial charge is 0.251 e. The Labute approximate surface area is 128 Å². The van der Waals surface area contributed by atoms with Crippen molar-refractivity contribution in [1.29, 1.82) is 0 Å². The Morgan fingerprint density at radius 2 is 1.77 bits per heavy atom. The Hall–Kier alpha value is -2.56. The van der Waals surface area contributed by atoms with Crippen LogP contribution in [0.3, 0.4) is 0 Å². The Bertz CT molecular complexity index is 673. The third kappa shape index (κ3) is 3.36. The van der Waals surface area contributed by atoms with Crippen LogP contribution in [0.15, 0.2) is 42.5 Å². The summed E-state index contributed by atoms with van der Waals surface area (Å²) in [4.78, 5) is 12.2. The van der Waals surface area contributed by atoms with Crippen LogP contribution in [0.2, 0.25) is 0 Å². The van der Waals surface area contributed by atoms with Gasteiger partial charge in [-0.15, -0.1) is 0 Å². The number of ether oxygens (including phenoxy) is 2. The maximum atomic E-state index is 13.7. The number of hydrogen-bond acceptors (Lipinski definition) is 3. The summed E-state index contributed by atoms with van der Waals surface area (Å²) in [5, 5.41) is 2.83. The van der Waals surface area contributed by atoms with Gasteiger partial charge in [-0.3, -0.25) is 4.79 Å². The molecule has 0 fully saturated rings. The summed E-state index contributed by atoms with van der Waals surface area (Å²) in [7, 11) is 2.95. The number of nitrogens with one attached hydrogen (secondary N) is 1. The number of carbonyl (C=O) groups is 1. The van der Waals surface area contributed by atoms with Crippen molar-refractivity contribution in [3.8, 4) is 11.5 Å². The lowest BCUT2D eigenvalue weighted by atomic mass is 10.1. The third-order valence-electron chi connectivity index (χ3n) is 3.37. The molecule has 0 aromatic heterocycles. The van der Waals surface area contributed by atoms with Crippen LogP contribution in [0, 0.1) is 5.82 Å². The standard InChI is InChI=1S/C17H18FNO3/c1-11(13-6-4-5-7-15(13)21-2)19-17(20)12-8-9-16(22-3)14(18)10-12/h4-11H,1-3H3,(H,19,20)/t11-/m1/s1. The second-order valence-corrected chi connectivity index (χ2v) is 4.79. The highest BCUT2D eigenvalue weighted by Crippen LogP contribution is 2.25. The van der Waals surface area contributed by atoms with Crippen molar-refractivity contribution in [3.05, 3.63) is 59.4 Å². The lowest BCUT2D eigenvalue weighted by Gasteiger charge is -2.17. The van der Waals surface area contributed by atoms with E-state index in [0.717, 1.165) is 11.6 Å². The minimum Gasteiger partial charge on any atom is -0.496 e. The molecule has 1 amide bonds. The first-order valence-electron chi connectivity index (χ1n) is 6.84. The van der Waals surface area contributed by atoms with Gasteiger partial charge in [-0.1, -0.05) is 18.2 Å². The van der Waals surface area contributed by atoms with Crippen LogP contribution in [-0.4, -0.2) is 20.1 Å². The molecule has 5 heteroatoms. The van der Waals surface area contributed by atoms with Crippen LogP contribution in [0.1, 0.15) is 28.9 Å². The number of halogens is 1. The van der Waals surface area contributed by atoms with E-state index in [4.69, 9.17) is 9.47 Å². The number of hydrogen-bond donors (Lipinski definition) is 1. The molecule has 22 heavy (non-hydrogen) atoms. The Morgan fingerprint density at radius 3 is 2.41 bits per heavy atom. The first-order chi connectivity index (χ1) is 10.6. The van der Waals surface area contributed by atoms with Crippen molar-refractivity contribution >= 4 is 5.91 Å². The minimum absolute atomic E-state index is 0.106. The summed E-state index contributed by atoms with van der Waals surface area (Å²) >= 11 is 0. The number of benzene rings is 2. The fourth-order valence-electron chi connectivity index (χ4n) is 2.19. The molecular weight excluding hydrogens is 285 g/mol. The fourth-order valence-corrected chi connectivity index (χ4v) is 2.19. The summed E-state index contributed by atoms with van der Waals surface area (Å²) in [5.74, 6) is -0.134. The number of amides is 1. The fraction of sp³-hybridized carbons (Fsp3) is 0.235. The van der Waals surface area contributed by atoms with Gasteiger partial charge in [0.25, 0.3) is 5.91 Å². The number of para-hydroxylation sites is 1. The molecule has 0 saturated carbocycles. The van der Waals surface area contributed by atoms with Crippen molar-refractivity contribution in [1.82, 2.24) is 5.32 Å². The van der Waals surface area contributed by atoms with Crippen molar-refractivity contribution in [2.24, 2.45) is 0 Å². The minimum atomic E-state index is -0.569. The quantitative estimate of drug-likeness (QED) is 0.921. The van der Waals surface area contributed by atoms with E-state index in [1.807, 2.05) is 31.2 Å². The molecule has 0 bridgehead atoms. The molecule has 1 atom stereocenters. The molecule has 0 aliphatic rings. The summed E-state index contributed by atoms with van der Waals surface area (Å²) in [6.07, 6.45) is 0. The Balaban J connectivity index is 2.16. The molecule has 116 valence electrons. The lowest BCUT2D eigenvalue weighted by Crippen LogP contribution is -2.27. The molecule has 1 N–H and O–H groups in total. The molecule has 4 nitrogen and oxygen atoms in total. The van der Waals surface area contributed by atoms with E-state index in [2.05, 4.69) is 5.32 Å². The largest absolute Gasteiger partial charge is 0.496 e. The van der Waals surface area contributed by atoms with E-state index < -0.39 is 5.82 Å². The highest BCUT2D eigenvalue weighted by molar-refractivity contribution is 5.94. The van der Waals surface area contributed by atoms with Crippen molar-refractivity contribution in [2.75, 3.05) is 14.2 Å². The summed E-state index contributed by atoms with van der Waals surface area (Å²) in [6, 6.07) is 11.3. The van der Waals surface area contributed by atoms with Gasteiger partial charge in [0.2, 0.25) is 0 Å². The number of methoxy groups -OCH3 is 2. The second-order valence-electron chi connectivity index (χ2n) is 4.79. The van der Waals surface area contributed by atoms with Gasteiger partial charge in [0.1, 0.15) is 5.75 Å². The van der Waals surface area contributed by atoms with E-state index in [9.17, 15) is 9.18 Å². The first-order valence-corrected chi connectivity index (χ1v) is 6.84. The van der Waals surface area contributed by atoms with Gasteiger partial charge in [-0.25, -0.2) is 4.39 Å². The average Bonchev–Trinajstić information content (AvgIpc) is 2.54. The maximum absolute atomic E-state index is 13.7. The van der Waals surface area contributed by atoms with Crippen LogP contribution in [-0.2, 0) is 0 Å². The highest BCUT2D eigenvalue weighted by atomic mass is 19.1. The lowest BCUT2D eigenvalue weighted by molar-refractivity contribution is 0.0939. The van der Waals surface area contributed by atoms with Gasteiger partial charge in [-0.2, -0.15) is 0 Å². The van der Waals surface area contributed by atoms with Gasteiger partial charge in [0, 0.05) is 11.1 Å². The van der Waals surface area contributed by atoms with Gasteiger partial charge < -0.3 is 14.8 Å². The summed E-state index contributed by atoms with van der Waals surface area (Å²) in [6.45, 7) is 1.84. The molecule has 0 aliphatic heterocycles. The topological polar surface area (TPSA) is 47.6 Å². The van der Waals surface area contributed by atoms with E-state index >= 15 is 0 Å². The van der Waals surface area contributed by atoms with Crippen LogP contribution < -0.4 is 14.8 Å². The molecule has 0 saturated heterocycles. The predicted octanol–water partition coefficient (Wildman–Crippen LogP) is 3.33. The molecule has 0 unspecified atom stereocenters. The highest BCUT2D eigenvalue weighted by Gasteiger charge is 2.16. The number of rotatable bonds is 5. The zero-order valence-electron chi connectivity index (χ0n) is 12.7. The van der Waals surface area contributed by atoms with Crippen LogP contribution in [0.4, 0.5) is 4.39 Å². The van der Waals surface area contributed by atoms with Crippen molar-refractivity contribution < 1.29 is 18.7 Å². The molecule has 2 aromatic rings. The molecule has 0 aliphatic carbocycles. The zero-order valence-corrected chi connectivity index (χ0v) is 12.7. The molecule has 2 rings (SSSR count). The van der Waals surface area contributed by atoms with Crippen molar-refractivity contribution in [2.45, 2.75) is 13.0 Å². The van der Waals surface area contributed by atoms with E-state index in [0.29, 0.717) is 5.75 Å². The van der Waals surface area contributed by atoms with Gasteiger partial charge in [0.15, 0.2) is 11.6 Å².